The topological polar surface area (TPSA) is 94.4 Å². The Morgan fingerprint density at radius 3 is 3.04 bits per heavy atom. The Balaban J connectivity index is 1.41. The van der Waals surface area contributed by atoms with E-state index in [1.54, 1.807) is 25.4 Å². The first-order valence-electron chi connectivity index (χ1n) is 8.64. The number of rotatable bonds is 6. The zero-order valence-electron chi connectivity index (χ0n) is 14.9. The van der Waals surface area contributed by atoms with Crippen LogP contribution >= 0.6 is 0 Å². The van der Waals surface area contributed by atoms with Crippen molar-refractivity contribution in [1.82, 2.24) is 30.7 Å². The number of halogens is 3. The highest BCUT2D eigenvalue weighted by Crippen LogP contribution is 2.20. The molecule has 0 saturated carbocycles. The molecule has 1 saturated heterocycles. The summed E-state index contributed by atoms with van der Waals surface area (Å²) in [6, 6.07) is 3.48. The van der Waals surface area contributed by atoms with E-state index in [2.05, 4.69) is 30.8 Å². The standard InChI is InChI=1S/C16H22F3N7O/c1-20-15(22-11-5-7-26(9-11)10-16(17,18)19)21-6-4-13-23-14(25-24-13)12-3-2-8-27-12/h2-3,8,11H,4-7,9-10H2,1H3,(H2,20,21,22)(H,23,24,25). The molecule has 1 aliphatic heterocycles. The van der Waals surface area contributed by atoms with Crippen LogP contribution in [-0.2, 0) is 6.42 Å². The van der Waals surface area contributed by atoms with Crippen molar-refractivity contribution in [3.05, 3.63) is 24.2 Å². The summed E-state index contributed by atoms with van der Waals surface area (Å²) < 4.78 is 42.6. The molecule has 2 aromatic heterocycles. The molecular formula is C16H22F3N7O. The van der Waals surface area contributed by atoms with Crippen LogP contribution in [0.5, 0.6) is 0 Å². The maximum Gasteiger partial charge on any atom is 0.401 e. The zero-order chi connectivity index (χ0) is 19.3. The molecule has 1 atom stereocenters. The summed E-state index contributed by atoms with van der Waals surface area (Å²) in [5, 5.41) is 13.3. The Morgan fingerprint density at radius 2 is 2.33 bits per heavy atom. The van der Waals surface area contributed by atoms with Gasteiger partial charge in [-0.15, -0.1) is 0 Å². The number of H-pyrrole nitrogens is 1. The van der Waals surface area contributed by atoms with E-state index in [-0.39, 0.29) is 6.04 Å². The SMILES string of the molecule is CN=C(NCCc1nc(-c2ccco2)n[nH]1)NC1CCN(CC(F)(F)F)C1. The normalized spacial score (nSPS) is 18.8. The number of aliphatic imine (C=N–C) groups is 1. The molecule has 27 heavy (non-hydrogen) atoms. The van der Waals surface area contributed by atoms with Crippen LogP contribution in [-0.4, -0.2) is 71.5 Å². The molecule has 0 aliphatic carbocycles. The minimum absolute atomic E-state index is 0.0608. The number of nitrogens with one attached hydrogen (secondary N) is 3. The monoisotopic (exact) mass is 385 g/mol. The van der Waals surface area contributed by atoms with E-state index < -0.39 is 12.7 Å². The zero-order valence-corrected chi connectivity index (χ0v) is 14.9. The molecule has 0 aromatic carbocycles. The number of guanidine groups is 1. The molecule has 1 unspecified atom stereocenters. The number of aromatic nitrogens is 3. The van der Waals surface area contributed by atoms with Gasteiger partial charge in [0.05, 0.1) is 12.8 Å². The van der Waals surface area contributed by atoms with Crippen LogP contribution in [0, 0.1) is 0 Å². The summed E-state index contributed by atoms with van der Waals surface area (Å²) in [6.45, 7) is 0.433. The number of nitrogens with zero attached hydrogens (tertiary/aromatic N) is 4. The third-order valence-corrected chi connectivity index (χ3v) is 4.17. The Hall–Kier alpha value is -2.56. The number of alkyl halides is 3. The fraction of sp³-hybridized carbons (Fsp3) is 0.562. The van der Waals surface area contributed by atoms with Gasteiger partial charge in [0.25, 0.3) is 0 Å². The molecule has 11 heteroatoms. The minimum atomic E-state index is -4.17. The number of hydrogen-bond acceptors (Lipinski definition) is 5. The second kappa shape index (κ2) is 8.42. The Labute approximate surface area is 154 Å². The van der Waals surface area contributed by atoms with E-state index in [0.29, 0.717) is 55.8 Å². The van der Waals surface area contributed by atoms with Crippen LogP contribution < -0.4 is 10.6 Å². The Kier molecular flexibility index (Phi) is 5.99. The highest BCUT2D eigenvalue weighted by atomic mass is 19.4. The fourth-order valence-corrected chi connectivity index (χ4v) is 2.96. The van der Waals surface area contributed by atoms with Crippen LogP contribution in [0.3, 0.4) is 0 Å². The van der Waals surface area contributed by atoms with Gasteiger partial charge in [-0.25, -0.2) is 4.98 Å². The van der Waals surface area contributed by atoms with Crippen molar-refractivity contribution in [2.45, 2.75) is 25.1 Å². The Bertz CT molecular complexity index is 742. The first kappa shape index (κ1) is 19.2. The van der Waals surface area contributed by atoms with Gasteiger partial charge in [-0.05, 0) is 18.6 Å². The lowest BCUT2D eigenvalue weighted by Crippen LogP contribution is -2.45. The highest BCUT2D eigenvalue weighted by molar-refractivity contribution is 5.80. The van der Waals surface area contributed by atoms with Gasteiger partial charge in [0.1, 0.15) is 5.82 Å². The lowest BCUT2D eigenvalue weighted by Gasteiger charge is -2.19. The molecule has 1 fully saturated rings. The van der Waals surface area contributed by atoms with Crippen molar-refractivity contribution in [2.24, 2.45) is 4.99 Å². The van der Waals surface area contributed by atoms with Gasteiger partial charge in [0, 0.05) is 39.1 Å². The van der Waals surface area contributed by atoms with Crippen LogP contribution in [0.1, 0.15) is 12.2 Å². The van der Waals surface area contributed by atoms with Crippen molar-refractivity contribution in [2.75, 3.05) is 33.2 Å². The van der Waals surface area contributed by atoms with E-state index in [1.807, 2.05) is 0 Å². The first-order chi connectivity index (χ1) is 12.9. The quantitative estimate of drug-likeness (QED) is 0.514. The summed E-state index contributed by atoms with van der Waals surface area (Å²) in [7, 11) is 1.63. The molecule has 2 aromatic rings. The molecule has 0 amide bonds. The van der Waals surface area contributed by atoms with Crippen LogP contribution in [0.4, 0.5) is 13.2 Å². The molecule has 1 aliphatic rings. The van der Waals surface area contributed by atoms with E-state index in [1.165, 1.54) is 4.90 Å². The van der Waals surface area contributed by atoms with Crippen LogP contribution in [0.2, 0.25) is 0 Å². The van der Waals surface area contributed by atoms with Crippen LogP contribution in [0.25, 0.3) is 11.6 Å². The fourth-order valence-electron chi connectivity index (χ4n) is 2.96. The molecule has 8 nitrogen and oxygen atoms in total. The number of hydrogen-bond donors (Lipinski definition) is 3. The van der Waals surface area contributed by atoms with Gasteiger partial charge in [0.15, 0.2) is 11.7 Å². The predicted molar refractivity (Wildman–Crippen MR) is 93.2 cm³/mol. The van der Waals surface area contributed by atoms with Crippen molar-refractivity contribution in [3.8, 4) is 11.6 Å². The van der Waals surface area contributed by atoms with Crippen molar-refractivity contribution in [1.29, 1.82) is 0 Å². The maximum atomic E-state index is 12.5. The van der Waals surface area contributed by atoms with Gasteiger partial charge >= 0.3 is 6.18 Å². The molecule has 0 radical (unpaired) electrons. The molecule has 3 N–H and O–H groups in total. The van der Waals surface area contributed by atoms with E-state index in [0.717, 1.165) is 0 Å². The molecular weight excluding hydrogens is 363 g/mol. The van der Waals surface area contributed by atoms with Gasteiger partial charge in [-0.2, -0.15) is 18.3 Å². The average Bonchev–Trinajstić information content (AvgIpc) is 3.34. The summed E-state index contributed by atoms with van der Waals surface area (Å²) in [6.07, 6.45) is -1.38. The molecule has 0 spiro atoms. The minimum Gasteiger partial charge on any atom is -0.461 e. The second-order valence-electron chi connectivity index (χ2n) is 6.31. The molecule has 3 rings (SSSR count). The lowest BCUT2D eigenvalue weighted by atomic mass is 10.3. The second-order valence-corrected chi connectivity index (χ2v) is 6.31. The van der Waals surface area contributed by atoms with E-state index >= 15 is 0 Å². The third kappa shape index (κ3) is 5.71. The van der Waals surface area contributed by atoms with Gasteiger partial charge < -0.3 is 15.1 Å². The van der Waals surface area contributed by atoms with E-state index in [9.17, 15) is 13.2 Å². The van der Waals surface area contributed by atoms with Crippen molar-refractivity contribution >= 4 is 5.96 Å². The number of likely N-dealkylation sites (tertiary alicyclic amines) is 1. The molecule has 148 valence electrons. The molecule has 3 heterocycles. The third-order valence-electron chi connectivity index (χ3n) is 4.17. The average molecular weight is 385 g/mol. The van der Waals surface area contributed by atoms with Gasteiger partial charge in [0.2, 0.25) is 5.82 Å². The highest BCUT2D eigenvalue weighted by Gasteiger charge is 2.34. The number of aromatic amines is 1. The first-order valence-corrected chi connectivity index (χ1v) is 8.64. The summed E-state index contributed by atoms with van der Waals surface area (Å²) in [4.78, 5) is 9.87. The van der Waals surface area contributed by atoms with Crippen molar-refractivity contribution < 1.29 is 17.6 Å². The number of furan rings is 1. The maximum absolute atomic E-state index is 12.5. The van der Waals surface area contributed by atoms with E-state index in [4.69, 9.17) is 4.42 Å². The summed E-state index contributed by atoms with van der Waals surface area (Å²) >= 11 is 0. The molecule has 0 bridgehead atoms. The van der Waals surface area contributed by atoms with Crippen molar-refractivity contribution in [3.63, 3.8) is 0 Å². The van der Waals surface area contributed by atoms with Gasteiger partial charge in [-0.3, -0.25) is 15.0 Å². The lowest BCUT2D eigenvalue weighted by molar-refractivity contribution is -0.143. The van der Waals surface area contributed by atoms with Crippen LogP contribution in [0.15, 0.2) is 27.8 Å². The summed E-state index contributed by atoms with van der Waals surface area (Å²) in [5.74, 6) is 2.34. The van der Waals surface area contributed by atoms with Gasteiger partial charge in [-0.1, -0.05) is 0 Å². The predicted octanol–water partition coefficient (Wildman–Crippen LogP) is 1.41. The largest absolute Gasteiger partial charge is 0.461 e. The Morgan fingerprint density at radius 1 is 1.48 bits per heavy atom. The summed E-state index contributed by atoms with van der Waals surface area (Å²) in [5.41, 5.74) is 0. The smallest absolute Gasteiger partial charge is 0.401 e.